The molecule has 1 unspecified atom stereocenters. The van der Waals surface area contributed by atoms with Crippen LogP contribution < -0.4 is 10.1 Å². The highest BCUT2D eigenvalue weighted by molar-refractivity contribution is 5.88. The van der Waals surface area contributed by atoms with Crippen molar-refractivity contribution < 1.29 is 18.7 Å². The Bertz CT molecular complexity index is 968. The number of nitrogens with zero attached hydrogens (tertiary/aromatic N) is 1. The number of halogens is 1. The predicted molar refractivity (Wildman–Crippen MR) is 128 cm³/mol. The molecule has 0 aromatic heterocycles. The monoisotopic (exact) mass is 454 g/mol. The van der Waals surface area contributed by atoms with Gasteiger partial charge in [-0.2, -0.15) is 0 Å². The van der Waals surface area contributed by atoms with Gasteiger partial charge in [0, 0.05) is 12.6 Å². The fraction of sp³-hybridized carbons (Fsp3) is 0.481. The molecule has 1 N–H and O–H groups in total. The number of benzene rings is 2. The van der Waals surface area contributed by atoms with Crippen molar-refractivity contribution in [1.82, 2.24) is 10.2 Å². The average molecular weight is 455 g/mol. The Morgan fingerprint density at radius 1 is 1.09 bits per heavy atom. The van der Waals surface area contributed by atoms with Crippen LogP contribution in [0.5, 0.6) is 5.75 Å². The largest absolute Gasteiger partial charge is 0.483 e. The van der Waals surface area contributed by atoms with Gasteiger partial charge in [-0.05, 0) is 81.0 Å². The molecule has 1 aliphatic rings. The zero-order chi connectivity index (χ0) is 24.0. The number of rotatable bonds is 8. The van der Waals surface area contributed by atoms with Gasteiger partial charge in [-0.3, -0.25) is 9.59 Å². The Hall–Kier alpha value is -2.89. The van der Waals surface area contributed by atoms with Crippen molar-refractivity contribution in [1.29, 1.82) is 0 Å². The Morgan fingerprint density at radius 3 is 2.42 bits per heavy atom. The van der Waals surface area contributed by atoms with Gasteiger partial charge in [0.05, 0.1) is 0 Å². The minimum absolute atomic E-state index is 0.158. The second kappa shape index (κ2) is 11.3. The highest BCUT2D eigenvalue weighted by Crippen LogP contribution is 2.24. The quantitative estimate of drug-likeness (QED) is 0.611. The highest BCUT2D eigenvalue weighted by atomic mass is 19.1. The number of aryl methyl sites for hydroxylation is 2. The van der Waals surface area contributed by atoms with E-state index in [4.69, 9.17) is 4.74 Å². The third-order valence-corrected chi connectivity index (χ3v) is 6.50. The van der Waals surface area contributed by atoms with Crippen LogP contribution in [-0.4, -0.2) is 35.4 Å². The third kappa shape index (κ3) is 6.80. The van der Waals surface area contributed by atoms with Crippen LogP contribution in [0.25, 0.3) is 0 Å². The molecule has 178 valence electrons. The Kier molecular flexibility index (Phi) is 8.48. The molecule has 0 heterocycles. The van der Waals surface area contributed by atoms with Gasteiger partial charge in [0.25, 0.3) is 5.91 Å². The minimum Gasteiger partial charge on any atom is -0.483 e. The van der Waals surface area contributed by atoms with Crippen molar-refractivity contribution in [3.63, 3.8) is 0 Å². The summed E-state index contributed by atoms with van der Waals surface area (Å²) < 4.78 is 19.3. The maximum Gasteiger partial charge on any atom is 0.261 e. The van der Waals surface area contributed by atoms with Gasteiger partial charge in [-0.25, -0.2) is 4.39 Å². The van der Waals surface area contributed by atoms with Gasteiger partial charge in [0.15, 0.2) is 6.61 Å². The molecule has 5 nitrogen and oxygen atoms in total. The van der Waals surface area contributed by atoms with Crippen molar-refractivity contribution in [3.8, 4) is 5.75 Å². The molecule has 0 radical (unpaired) electrons. The third-order valence-electron chi connectivity index (χ3n) is 6.50. The molecule has 6 heteroatoms. The molecule has 1 aliphatic carbocycles. The molecule has 1 fully saturated rings. The fourth-order valence-electron chi connectivity index (χ4n) is 4.31. The number of hydrogen-bond donors (Lipinski definition) is 1. The number of carbonyl (C=O) groups is 2. The van der Waals surface area contributed by atoms with Crippen molar-refractivity contribution in [3.05, 3.63) is 64.5 Å². The molecule has 2 amide bonds. The molecule has 3 rings (SSSR count). The van der Waals surface area contributed by atoms with Gasteiger partial charge < -0.3 is 15.0 Å². The van der Waals surface area contributed by atoms with E-state index in [1.807, 2.05) is 26.8 Å². The number of hydrogen-bond acceptors (Lipinski definition) is 3. The predicted octanol–water partition coefficient (Wildman–Crippen LogP) is 5.00. The van der Waals surface area contributed by atoms with E-state index in [0.29, 0.717) is 5.75 Å². The Labute approximate surface area is 196 Å². The van der Waals surface area contributed by atoms with E-state index in [1.165, 1.54) is 23.5 Å². The van der Waals surface area contributed by atoms with E-state index in [-0.39, 0.29) is 36.8 Å². The van der Waals surface area contributed by atoms with E-state index >= 15 is 0 Å². The molecule has 0 spiro atoms. The lowest BCUT2D eigenvalue weighted by atomic mass is 9.95. The van der Waals surface area contributed by atoms with Crippen molar-refractivity contribution in [2.24, 2.45) is 0 Å². The number of amides is 2. The summed E-state index contributed by atoms with van der Waals surface area (Å²) in [5, 5.41) is 3.11. The van der Waals surface area contributed by atoms with Crippen molar-refractivity contribution in [2.75, 3.05) is 6.61 Å². The van der Waals surface area contributed by atoms with Crippen LogP contribution in [0.2, 0.25) is 0 Å². The summed E-state index contributed by atoms with van der Waals surface area (Å²) >= 11 is 0. The average Bonchev–Trinajstić information content (AvgIpc) is 2.80. The zero-order valence-electron chi connectivity index (χ0n) is 20.1. The second-order valence-corrected chi connectivity index (χ2v) is 9.16. The normalized spacial score (nSPS) is 15.1. The van der Waals surface area contributed by atoms with Crippen molar-refractivity contribution in [2.45, 2.75) is 78.4 Å². The molecule has 1 atom stereocenters. The van der Waals surface area contributed by atoms with E-state index in [2.05, 4.69) is 11.4 Å². The zero-order valence-corrected chi connectivity index (χ0v) is 20.1. The first kappa shape index (κ1) is 24.7. The summed E-state index contributed by atoms with van der Waals surface area (Å²) in [7, 11) is 0. The van der Waals surface area contributed by atoms with Gasteiger partial charge in [0.1, 0.15) is 17.6 Å². The van der Waals surface area contributed by atoms with Gasteiger partial charge >= 0.3 is 0 Å². The van der Waals surface area contributed by atoms with E-state index in [9.17, 15) is 14.0 Å². The second-order valence-electron chi connectivity index (χ2n) is 9.16. The molecule has 2 aromatic carbocycles. The smallest absolute Gasteiger partial charge is 0.261 e. The maximum absolute atomic E-state index is 13.4. The lowest BCUT2D eigenvalue weighted by Crippen LogP contribution is -2.51. The lowest BCUT2D eigenvalue weighted by molar-refractivity contribution is -0.142. The SMILES string of the molecule is Cc1cc(C)c(C)c(OCC(=O)N(Cc2ccc(F)cc2)C(C)C(=O)NC2CCCCC2)c1. The van der Waals surface area contributed by atoms with Crippen molar-refractivity contribution >= 4 is 11.8 Å². The molecular weight excluding hydrogens is 419 g/mol. The summed E-state index contributed by atoms with van der Waals surface area (Å²) in [6.07, 6.45) is 5.37. The number of nitrogens with one attached hydrogen (secondary N) is 1. The highest BCUT2D eigenvalue weighted by Gasteiger charge is 2.28. The summed E-state index contributed by atoms with van der Waals surface area (Å²) in [4.78, 5) is 27.8. The first-order valence-electron chi connectivity index (χ1n) is 11.8. The summed E-state index contributed by atoms with van der Waals surface area (Å²) in [5.41, 5.74) is 3.90. The van der Waals surface area contributed by atoms with Crippen LogP contribution in [-0.2, 0) is 16.1 Å². The lowest BCUT2D eigenvalue weighted by Gasteiger charge is -2.31. The van der Waals surface area contributed by atoms with E-state index in [1.54, 1.807) is 19.1 Å². The Morgan fingerprint density at radius 2 is 1.76 bits per heavy atom. The minimum atomic E-state index is -0.673. The van der Waals surface area contributed by atoms with Crippen LogP contribution in [0, 0.1) is 26.6 Å². The van der Waals surface area contributed by atoms with Crippen LogP contribution in [0.3, 0.4) is 0 Å². The molecule has 0 saturated heterocycles. The summed E-state index contributed by atoms with van der Waals surface area (Å²) in [6, 6.07) is 9.47. The topological polar surface area (TPSA) is 58.6 Å². The maximum atomic E-state index is 13.4. The van der Waals surface area contributed by atoms with Crippen LogP contribution in [0.1, 0.15) is 61.3 Å². The number of carbonyl (C=O) groups excluding carboxylic acids is 2. The van der Waals surface area contributed by atoms with Gasteiger partial charge in [-0.1, -0.05) is 37.5 Å². The van der Waals surface area contributed by atoms with E-state index < -0.39 is 6.04 Å². The summed E-state index contributed by atoms with van der Waals surface area (Å²) in [6.45, 7) is 7.72. The molecular formula is C27H35FN2O3. The fourth-order valence-corrected chi connectivity index (χ4v) is 4.31. The van der Waals surface area contributed by atoms with Gasteiger partial charge in [0.2, 0.25) is 5.91 Å². The van der Waals surface area contributed by atoms with Gasteiger partial charge in [-0.15, -0.1) is 0 Å². The molecule has 1 saturated carbocycles. The first-order chi connectivity index (χ1) is 15.7. The van der Waals surface area contributed by atoms with Crippen LogP contribution >= 0.6 is 0 Å². The Balaban J connectivity index is 1.74. The molecule has 33 heavy (non-hydrogen) atoms. The van der Waals surface area contributed by atoms with Crippen LogP contribution in [0.15, 0.2) is 36.4 Å². The standard InChI is InChI=1S/C27H35FN2O3/c1-18-14-19(2)20(3)25(15-18)33-17-26(31)30(16-22-10-12-23(28)13-11-22)21(4)27(32)29-24-8-6-5-7-9-24/h10-15,21,24H,5-9,16-17H2,1-4H3,(H,29,32). The molecule has 0 aliphatic heterocycles. The van der Waals surface area contributed by atoms with E-state index in [0.717, 1.165) is 47.9 Å². The first-order valence-corrected chi connectivity index (χ1v) is 11.8. The molecule has 2 aromatic rings. The number of ether oxygens (including phenoxy) is 1. The molecule has 0 bridgehead atoms. The summed E-state index contributed by atoms with van der Waals surface area (Å²) in [5.74, 6) is -0.126. The van der Waals surface area contributed by atoms with Crippen LogP contribution in [0.4, 0.5) is 4.39 Å².